The molecule has 3 heteroatoms. The van der Waals surface area contributed by atoms with E-state index in [0.29, 0.717) is 0 Å². The molecule has 17 heavy (non-hydrogen) atoms. The summed E-state index contributed by atoms with van der Waals surface area (Å²) in [6, 6.07) is 12.7. The summed E-state index contributed by atoms with van der Waals surface area (Å²) in [5.74, 6) is 0. The number of pyridine rings is 1. The Hall–Kier alpha value is -1.19. The molecule has 1 heterocycles. The highest BCUT2D eigenvalue weighted by molar-refractivity contribution is 9.10. The second-order valence-electron chi connectivity index (χ2n) is 4.01. The predicted octanol–water partition coefficient (Wildman–Crippen LogP) is 3.46. The Morgan fingerprint density at radius 2 is 1.71 bits per heavy atom. The van der Waals surface area contributed by atoms with E-state index in [1.165, 1.54) is 11.1 Å². The molecule has 0 aliphatic heterocycles. The van der Waals surface area contributed by atoms with Gasteiger partial charge in [-0.05, 0) is 43.3 Å². The van der Waals surface area contributed by atoms with Crippen LogP contribution in [0.15, 0.2) is 47.1 Å². The third kappa shape index (κ3) is 2.93. The average molecular weight is 291 g/mol. The second kappa shape index (κ2) is 5.43. The van der Waals surface area contributed by atoms with Gasteiger partial charge in [-0.25, -0.2) is 0 Å². The molecule has 1 aromatic heterocycles. The van der Waals surface area contributed by atoms with Gasteiger partial charge >= 0.3 is 0 Å². The topological polar surface area (TPSA) is 24.9 Å². The van der Waals surface area contributed by atoms with Crippen LogP contribution in [0.3, 0.4) is 0 Å². The molecule has 1 aromatic carbocycles. The van der Waals surface area contributed by atoms with Crippen LogP contribution in [0.25, 0.3) is 0 Å². The van der Waals surface area contributed by atoms with Gasteiger partial charge < -0.3 is 5.32 Å². The largest absolute Gasteiger partial charge is 0.309 e. The summed E-state index contributed by atoms with van der Waals surface area (Å²) in [6.45, 7) is 2.00. The highest BCUT2D eigenvalue weighted by Gasteiger charge is 2.11. The lowest BCUT2D eigenvalue weighted by molar-refractivity contribution is 0.688. The number of aromatic nitrogens is 1. The maximum Gasteiger partial charge on any atom is 0.0589 e. The third-order valence-electron chi connectivity index (χ3n) is 2.76. The summed E-state index contributed by atoms with van der Waals surface area (Å²) < 4.78 is 1.10. The molecule has 0 spiro atoms. The Morgan fingerprint density at radius 3 is 2.24 bits per heavy atom. The van der Waals surface area contributed by atoms with Gasteiger partial charge in [-0.15, -0.1) is 0 Å². The van der Waals surface area contributed by atoms with Crippen LogP contribution in [-0.4, -0.2) is 12.0 Å². The van der Waals surface area contributed by atoms with Crippen molar-refractivity contribution in [2.24, 2.45) is 0 Å². The molecule has 0 aliphatic rings. The predicted molar refractivity (Wildman–Crippen MR) is 74.0 cm³/mol. The zero-order valence-electron chi connectivity index (χ0n) is 9.94. The maximum absolute atomic E-state index is 4.34. The number of halogens is 1. The van der Waals surface area contributed by atoms with E-state index in [-0.39, 0.29) is 6.04 Å². The number of hydrogen-bond acceptors (Lipinski definition) is 2. The lowest BCUT2D eigenvalue weighted by Crippen LogP contribution is -2.17. The molecule has 0 bridgehead atoms. The molecular formula is C14H15BrN2. The summed E-state index contributed by atoms with van der Waals surface area (Å²) in [5.41, 5.74) is 3.46. The van der Waals surface area contributed by atoms with Crippen molar-refractivity contribution in [3.05, 3.63) is 63.9 Å². The van der Waals surface area contributed by atoms with Gasteiger partial charge in [0, 0.05) is 16.4 Å². The summed E-state index contributed by atoms with van der Waals surface area (Å²) in [7, 11) is 1.96. The van der Waals surface area contributed by atoms with Crippen LogP contribution in [0.4, 0.5) is 0 Å². The lowest BCUT2D eigenvalue weighted by atomic mass is 10.0. The number of nitrogens with zero attached hydrogens (tertiary/aromatic N) is 1. The molecule has 2 nitrogen and oxygen atoms in total. The molecule has 2 aromatic rings. The van der Waals surface area contributed by atoms with Crippen molar-refractivity contribution in [1.82, 2.24) is 10.3 Å². The molecule has 0 fully saturated rings. The van der Waals surface area contributed by atoms with E-state index in [4.69, 9.17) is 0 Å². The van der Waals surface area contributed by atoms with Crippen LogP contribution in [0, 0.1) is 6.92 Å². The van der Waals surface area contributed by atoms with Crippen LogP contribution < -0.4 is 5.32 Å². The Labute approximate surface area is 110 Å². The van der Waals surface area contributed by atoms with Gasteiger partial charge in [0.2, 0.25) is 0 Å². The van der Waals surface area contributed by atoms with Crippen molar-refractivity contribution in [3.63, 3.8) is 0 Å². The van der Waals surface area contributed by atoms with Crippen molar-refractivity contribution >= 4 is 15.9 Å². The van der Waals surface area contributed by atoms with Crippen molar-refractivity contribution < 1.29 is 0 Å². The molecular weight excluding hydrogens is 276 g/mol. The fourth-order valence-corrected chi connectivity index (χ4v) is 2.10. The van der Waals surface area contributed by atoms with Crippen LogP contribution in [0.1, 0.15) is 22.9 Å². The zero-order chi connectivity index (χ0) is 12.3. The molecule has 1 N–H and O–H groups in total. The molecule has 0 aliphatic carbocycles. The summed E-state index contributed by atoms with van der Waals surface area (Å²) in [6.07, 6.45) is 1.93. The Balaban J connectivity index is 2.33. The van der Waals surface area contributed by atoms with Gasteiger partial charge in [0.05, 0.1) is 6.04 Å². The van der Waals surface area contributed by atoms with Crippen molar-refractivity contribution in [1.29, 1.82) is 0 Å². The van der Waals surface area contributed by atoms with Crippen LogP contribution in [0.5, 0.6) is 0 Å². The standard InChI is InChI=1S/C14H15BrN2/c1-10-3-4-12(9-17-10)14(16-2)11-5-7-13(15)8-6-11/h3-9,14,16H,1-2H3. The average Bonchev–Trinajstić information content (AvgIpc) is 2.35. The first-order valence-corrected chi connectivity index (χ1v) is 6.35. The second-order valence-corrected chi connectivity index (χ2v) is 4.92. The first-order chi connectivity index (χ1) is 8.20. The first kappa shape index (κ1) is 12.3. The highest BCUT2D eigenvalue weighted by Crippen LogP contribution is 2.22. The van der Waals surface area contributed by atoms with Gasteiger partial charge in [-0.3, -0.25) is 4.98 Å². The summed E-state index contributed by atoms with van der Waals surface area (Å²) >= 11 is 3.45. The van der Waals surface area contributed by atoms with Gasteiger partial charge in [0.1, 0.15) is 0 Å². The molecule has 88 valence electrons. The number of rotatable bonds is 3. The number of hydrogen-bond donors (Lipinski definition) is 1. The van der Waals surface area contributed by atoms with E-state index in [1.807, 2.05) is 26.2 Å². The summed E-state index contributed by atoms with van der Waals surface area (Å²) in [5, 5.41) is 3.32. The fraction of sp³-hybridized carbons (Fsp3) is 0.214. The SMILES string of the molecule is CNC(c1ccc(Br)cc1)c1ccc(C)nc1. The van der Waals surface area contributed by atoms with Crippen molar-refractivity contribution in [2.75, 3.05) is 7.05 Å². The quantitative estimate of drug-likeness (QED) is 0.936. The Kier molecular flexibility index (Phi) is 3.92. The van der Waals surface area contributed by atoms with Gasteiger partial charge in [0.15, 0.2) is 0 Å². The molecule has 2 rings (SSSR count). The van der Waals surface area contributed by atoms with Crippen molar-refractivity contribution in [2.45, 2.75) is 13.0 Å². The van der Waals surface area contributed by atoms with Crippen LogP contribution in [0.2, 0.25) is 0 Å². The highest BCUT2D eigenvalue weighted by atomic mass is 79.9. The Morgan fingerprint density at radius 1 is 1.06 bits per heavy atom. The molecule has 0 radical (unpaired) electrons. The number of aryl methyl sites for hydroxylation is 1. The molecule has 0 saturated carbocycles. The minimum absolute atomic E-state index is 0.191. The van der Waals surface area contributed by atoms with E-state index in [1.54, 1.807) is 0 Å². The van der Waals surface area contributed by atoms with E-state index in [9.17, 15) is 0 Å². The van der Waals surface area contributed by atoms with Gasteiger partial charge in [0.25, 0.3) is 0 Å². The smallest absolute Gasteiger partial charge is 0.0589 e. The Bertz CT molecular complexity index is 431. The number of benzene rings is 1. The molecule has 0 saturated heterocycles. The number of nitrogens with one attached hydrogen (secondary N) is 1. The first-order valence-electron chi connectivity index (χ1n) is 5.56. The fourth-order valence-electron chi connectivity index (χ4n) is 1.83. The zero-order valence-corrected chi connectivity index (χ0v) is 11.5. The molecule has 1 atom stereocenters. The maximum atomic E-state index is 4.34. The molecule has 1 unspecified atom stereocenters. The lowest BCUT2D eigenvalue weighted by Gasteiger charge is -2.17. The van der Waals surface area contributed by atoms with Crippen molar-refractivity contribution in [3.8, 4) is 0 Å². The van der Waals surface area contributed by atoms with Gasteiger partial charge in [-0.1, -0.05) is 34.1 Å². The van der Waals surface area contributed by atoms with E-state index >= 15 is 0 Å². The monoisotopic (exact) mass is 290 g/mol. The normalized spacial score (nSPS) is 12.4. The van der Waals surface area contributed by atoms with Crippen LogP contribution >= 0.6 is 15.9 Å². The van der Waals surface area contributed by atoms with E-state index < -0.39 is 0 Å². The van der Waals surface area contributed by atoms with Crippen LogP contribution in [-0.2, 0) is 0 Å². The van der Waals surface area contributed by atoms with E-state index in [2.05, 4.69) is 56.6 Å². The van der Waals surface area contributed by atoms with Gasteiger partial charge in [-0.2, -0.15) is 0 Å². The summed E-state index contributed by atoms with van der Waals surface area (Å²) in [4.78, 5) is 4.34. The molecule has 0 amide bonds. The van der Waals surface area contributed by atoms with E-state index in [0.717, 1.165) is 10.2 Å². The minimum Gasteiger partial charge on any atom is -0.309 e. The minimum atomic E-state index is 0.191. The third-order valence-corrected chi connectivity index (χ3v) is 3.29.